The molecular formula is C69H78N6O12. The third-order valence-electron chi connectivity index (χ3n) is 17.5. The van der Waals surface area contributed by atoms with Crippen molar-refractivity contribution in [1.29, 1.82) is 0 Å². The van der Waals surface area contributed by atoms with Gasteiger partial charge in [-0.2, -0.15) is 9.59 Å². The second-order valence-corrected chi connectivity index (χ2v) is 25.3. The van der Waals surface area contributed by atoms with Crippen LogP contribution in [-0.2, 0) is 54.2 Å². The standard InChI is InChI=1S/C68H78N6O10.CO2/c1-68(2,3)41-84-29-27-82-26-28-83-40-48(75)31-47-30-46(66(80)73-36-54(62(76)69-58-32-50(58)42-16-8-4-9-17-42)55(37-73)63(77)70-59-33-51(59)43-18-10-5-11-19-43)24-25-49(47)67(81)74-38-56(64(78)71-60-34-52(60)44-20-12-6-13-21-44)57(39-74)65(79)72-61-35-53(61)45-22-14-7-15-23-45;2-1-3/h4-25,30,50-61H,26-29,31-41H2,1-3H3,(H,69,76)(H,70,77)(H,71,78)(H,72,79);/t50-,51-,52-,53-,54-,55-,56-,57-,58+,59+,60+,61+;/m1./s1. The summed E-state index contributed by atoms with van der Waals surface area (Å²) in [6, 6.07) is 44.1. The fourth-order valence-corrected chi connectivity index (χ4v) is 12.5. The van der Waals surface area contributed by atoms with Crippen LogP contribution in [0.15, 0.2) is 140 Å². The van der Waals surface area contributed by atoms with E-state index in [9.17, 15) is 28.8 Å². The van der Waals surface area contributed by atoms with Crippen molar-refractivity contribution in [1.82, 2.24) is 31.1 Å². The van der Waals surface area contributed by atoms with Crippen LogP contribution < -0.4 is 21.3 Å². The second kappa shape index (κ2) is 28.1. The molecular weight excluding hydrogens is 1100 g/mol. The fourth-order valence-electron chi connectivity index (χ4n) is 12.5. The second-order valence-electron chi connectivity index (χ2n) is 25.3. The van der Waals surface area contributed by atoms with E-state index in [4.69, 9.17) is 23.8 Å². The Hall–Kier alpha value is -8.15. The summed E-state index contributed by atoms with van der Waals surface area (Å²) in [7, 11) is 0. The van der Waals surface area contributed by atoms with Gasteiger partial charge in [0, 0.05) is 91.6 Å². The molecule has 5 aromatic rings. The van der Waals surface area contributed by atoms with Crippen LogP contribution in [0.25, 0.3) is 0 Å². The summed E-state index contributed by atoms with van der Waals surface area (Å²) in [5.41, 5.74) is 5.10. The molecule has 18 heteroatoms. The number of hydrogen-bond acceptors (Lipinski definition) is 12. The van der Waals surface area contributed by atoms with Crippen LogP contribution in [0.4, 0.5) is 0 Å². The molecule has 11 rings (SSSR count). The molecule has 87 heavy (non-hydrogen) atoms. The first kappa shape index (κ1) is 61.9. The number of ketones is 1. The summed E-state index contributed by atoms with van der Waals surface area (Å²) < 4.78 is 17.1. The molecule has 0 bridgehead atoms. The minimum Gasteiger partial charge on any atom is -0.379 e. The van der Waals surface area contributed by atoms with Crippen molar-refractivity contribution in [3.63, 3.8) is 0 Å². The molecule has 4 N–H and O–H groups in total. The van der Waals surface area contributed by atoms with Gasteiger partial charge in [0.05, 0.1) is 56.7 Å². The third kappa shape index (κ3) is 16.3. The molecule has 5 aromatic carbocycles. The normalized spacial score (nSPS) is 25.6. The number of ether oxygens (including phenoxy) is 3. The van der Waals surface area contributed by atoms with Gasteiger partial charge in [-0.25, -0.2) is 0 Å². The molecule has 0 aromatic heterocycles. The molecule has 4 aliphatic carbocycles. The Balaban J connectivity index is 0.00000274. The van der Waals surface area contributed by atoms with Crippen molar-refractivity contribution in [2.45, 2.75) is 101 Å². The van der Waals surface area contributed by atoms with Gasteiger partial charge in [0.25, 0.3) is 11.8 Å². The van der Waals surface area contributed by atoms with Gasteiger partial charge in [-0.3, -0.25) is 33.6 Å². The highest BCUT2D eigenvalue weighted by atomic mass is 16.5. The third-order valence-corrected chi connectivity index (χ3v) is 17.5. The van der Waals surface area contributed by atoms with Crippen molar-refractivity contribution in [3.8, 4) is 0 Å². The Morgan fingerprint density at radius 3 is 1.15 bits per heavy atom. The molecule has 6 amide bonds. The van der Waals surface area contributed by atoms with Gasteiger partial charge in [0.15, 0.2) is 5.78 Å². The molecule has 2 saturated heterocycles. The maximum absolute atomic E-state index is 15.1. The summed E-state index contributed by atoms with van der Waals surface area (Å²) in [4.78, 5) is 121. The summed E-state index contributed by atoms with van der Waals surface area (Å²) in [6.45, 7) is 7.59. The van der Waals surface area contributed by atoms with E-state index in [1.807, 2.05) is 121 Å². The fraction of sp³-hybridized carbons (Fsp3) is 0.449. The Labute approximate surface area is 507 Å². The summed E-state index contributed by atoms with van der Waals surface area (Å²) >= 11 is 0. The van der Waals surface area contributed by atoms with Crippen molar-refractivity contribution in [2.24, 2.45) is 29.1 Å². The van der Waals surface area contributed by atoms with Crippen LogP contribution in [-0.4, -0.2) is 147 Å². The average Bonchev–Trinajstić information content (AvgIpc) is 2.77. The molecule has 2 heterocycles. The number of benzene rings is 5. The van der Waals surface area contributed by atoms with Crippen LogP contribution in [0.1, 0.15) is 119 Å². The van der Waals surface area contributed by atoms with Crippen molar-refractivity contribution in [3.05, 3.63) is 178 Å². The quantitative estimate of drug-likeness (QED) is 0.0467. The number of nitrogens with one attached hydrogen (secondary N) is 4. The number of carbonyl (C=O) groups excluding carboxylic acids is 9. The Morgan fingerprint density at radius 1 is 0.460 bits per heavy atom. The monoisotopic (exact) mass is 1180 g/mol. The molecule has 6 aliphatic rings. The van der Waals surface area contributed by atoms with Gasteiger partial charge in [0.2, 0.25) is 23.6 Å². The van der Waals surface area contributed by atoms with Gasteiger partial charge in [-0.15, -0.1) is 0 Å². The lowest BCUT2D eigenvalue weighted by Crippen LogP contribution is -2.43. The highest BCUT2D eigenvalue weighted by Crippen LogP contribution is 2.45. The molecule has 4 saturated carbocycles. The lowest BCUT2D eigenvalue weighted by Gasteiger charge is -2.21. The Morgan fingerprint density at radius 2 is 0.793 bits per heavy atom. The number of carbonyl (C=O) groups is 7. The maximum Gasteiger partial charge on any atom is 0.373 e. The van der Waals surface area contributed by atoms with E-state index in [1.54, 1.807) is 0 Å². The Kier molecular flexibility index (Phi) is 20.0. The van der Waals surface area contributed by atoms with E-state index < -0.39 is 35.5 Å². The summed E-state index contributed by atoms with van der Waals surface area (Å²) in [5.74, 6) is -5.28. The van der Waals surface area contributed by atoms with Gasteiger partial charge in [-0.1, -0.05) is 142 Å². The molecule has 0 spiro atoms. The molecule has 0 unspecified atom stereocenters. The number of amides is 6. The van der Waals surface area contributed by atoms with Gasteiger partial charge in [-0.05, 0) is 77.1 Å². The first-order chi connectivity index (χ1) is 42.1. The Bertz CT molecular complexity index is 3130. The van der Waals surface area contributed by atoms with Crippen LogP contribution in [0.5, 0.6) is 0 Å². The van der Waals surface area contributed by atoms with E-state index in [-0.39, 0.29) is 158 Å². The van der Waals surface area contributed by atoms with E-state index in [0.29, 0.717) is 19.8 Å². The predicted molar refractivity (Wildman–Crippen MR) is 321 cm³/mol. The lowest BCUT2D eigenvalue weighted by molar-refractivity contribution is -0.191. The van der Waals surface area contributed by atoms with Gasteiger partial charge >= 0.3 is 6.15 Å². The highest BCUT2D eigenvalue weighted by molar-refractivity contribution is 6.02. The highest BCUT2D eigenvalue weighted by Gasteiger charge is 2.51. The number of likely N-dealkylation sites (tertiary alicyclic amines) is 2. The van der Waals surface area contributed by atoms with Crippen molar-refractivity contribution >= 4 is 47.4 Å². The summed E-state index contributed by atoms with van der Waals surface area (Å²) in [5, 5.41) is 12.8. The van der Waals surface area contributed by atoms with Crippen LogP contribution in [0.3, 0.4) is 0 Å². The van der Waals surface area contributed by atoms with Crippen LogP contribution in [0.2, 0.25) is 0 Å². The van der Waals surface area contributed by atoms with E-state index in [0.717, 1.165) is 47.9 Å². The first-order valence-corrected chi connectivity index (χ1v) is 30.4. The predicted octanol–water partition coefficient (Wildman–Crippen LogP) is 6.38. The van der Waals surface area contributed by atoms with E-state index in [1.165, 1.54) is 28.0 Å². The van der Waals surface area contributed by atoms with Crippen molar-refractivity contribution in [2.75, 3.05) is 65.8 Å². The molecule has 6 fully saturated rings. The molecule has 18 nitrogen and oxygen atoms in total. The number of Topliss-reactive ketones (excluding diaryl/α,β-unsaturated/α-hetero) is 1. The number of nitrogens with zero attached hydrogens (tertiary/aromatic N) is 2. The lowest BCUT2D eigenvalue weighted by atomic mass is 9.94. The zero-order chi connectivity index (χ0) is 61.2. The SMILES string of the molecule is CC(C)(C)COCCOCCOCC(=O)Cc1cc(C(=O)N2C[C@@H](C(=O)N[C@H]3C[C@@H]3c3ccccc3)[C@H](C(=O)N[C@H]3C[C@@H]3c3ccccc3)C2)ccc1C(=O)N1C[C@@H](C(=O)N[C@H]2C[C@@H]2c2ccccc2)[C@H](C(=O)N[C@H]2C[C@@H]2c2ccccc2)C1.O=C=O. The van der Waals surface area contributed by atoms with Crippen molar-refractivity contribution < 1.29 is 57.4 Å². The minimum absolute atomic E-state index is 0.0214. The smallest absolute Gasteiger partial charge is 0.373 e. The first-order valence-electron chi connectivity index (χ1n) is 30.4. The molecule has 12 atom stereocenters. The number of hydrogen-bond donors (Lipinski definition) is 4. The zero-order valence-corrected chi connectivity index (χ0v) is 49.6. The zero-order valence-electron chi connectivity index (χ0n) is 49.6. The molecule has 2 aliphatic heterocycles. The van der Waals surface area contributed by atoms with E-state index in [2.05, 4.69) is 42.0 Å². The topological polar surface area (TPSA) is 236 Å². The van der Waals surface area contributed by atoms with Gasteiger partial charge < -0.3 is 45.3 Å². The maximum atomic E-state index is 15.1. The molecule has 0 radical (unpaired) electrons. The number of rotatable bonds is 25. The summed E-state index contributed by atoms with van der Waals surface area (Å²) in [6.07, 6.45) is 3.04. The van der Waals surface area contributed by atoms with Crippen LogP contribution >= 0.6 is 0 Å². The molecule has 456 valence electrons. The van der Waals surface area contributed by atoms with E-state index >= 15 is 4.79 Å². The minimum atomic E-state index is -0.856. The average molecular weight is 1180 g/mol. The largest absolute Gasteiger partial charge is 0.379 e. The van der Waals surface area contributed by atoms with Crippen LogP contribution in [0, 0.1) is 29.1 Å². The van der Waals surface area contributed by atoms with Gasteiger partial charge in [0.1, 0.15) is 6.61 Å².